The van der Waals surface area contributed by atoms with Crippen LogP contribution in [0.1, 0.15) is 27.7 Å². The topological polar surface area (TPSA) is 92.4 Å². The third kappa shape index (κ3) is 4.13. The number of aryl methyl sites for hydroxylation is 4. The number of fused-ring (bicyclic) bond motifs is 1. The van der Waals surface area contributed by atoms with Crippen molar-refractivity contribution in [3.05, 3.63) is 80.0 Å². The van der Waals surface area contributed by atoms with E-state index in [2.05, 4.69) is 61.8 Å². The number of nitrogens with zero attached hydrogens (tertiary/aromatic N) is 7. The van der Waals surface area contributed by atoms with Gasteiger partial charge in [0.2, 0.25) is 0 Å². The molecule has 0 saturated heterocycles. The maximum Gasteiger partial charge on any atom is 0.178 e. The summed E-state index contributed by atoms with van der Waals surface area (Å²) in [5.41, 5.74) is 14.6. The predicted octanol–water partition coefficient (Wildman–Crippen LogP) is 5.13. The van der Waals surface area contributed by atoms with E-state index in [0.29, 0.717) is 6.54 Å². The van der Waals surface area contributed by atoms with Crippen molar-refractivity contribution >= 4 is 22.5 Å². The van der Waals surface area contributed by atoms with Gasteiger partial charge in [0.05, 0.1) is 10.5 Å². The maximum atomic E-state index is 8.45. The average Bonchev–Trinajstić information content (AvgIpc) is 3.34. The van der Waals surface area contributed by atoms with Crippen LogP contribution in [-0.4, -0.2) is 26.1 Å². The summed E-state index contributed by atoms with van der Waals surface area (Å²) in [7, 11) is 0. The molecular weight excluding hydrogens is 382 g/mol. The summed E-state index contributed by atoms with van der Waals surface area (Å²) in [5, 5.41) is 6.73. The average molecular weight is 404 g/mol. The number of rotatable bonds is 7. The van der Waals surface area contributed by atoms with Gasteiger partial charge < -0.3 is 0 Å². The Bertz CT molecular complexity index is 1170. The lowest BCUT2D eigenvalue weighted by Crippen LogP contribution is -2.04. The Kier molecular flexibility index (Phi) is 5.55. The largest absolute Gasteiger partial charge is 0.294 e. The van der Waals surface area contributed by atoms with Crippen LogP contribution < -0.4 is 0 Å². The van der Waals surface area contributed by atoms with E-state index in [0.717, 1.165) is 63.8 Å². The highest BCUT2D eigenvalue weighted by Gasteiger charge is 2.16. The molecule has 0 atom stereocenters. The number of thiazole rings is 1. The van der Waals surface area contributed by atoms with Crippen molar-refractivity contribution in [2.75, 3.05) is 6.54 Å². The third-order valence-electron chi connectivity index (χ3n) is 4.81. The standard InChI is InChI=1S/C21H21N7S/c1-14-13-15(2)25-21-20(14)28(18(26-21)7-8-19-23-11-12-29-19)17-5-3-16(4-6-17)9-10-24-27-22/h3-6,11-13H,7-10H2,1-2H3. The zero-order valence-electron chi connectivity index (χ0n) is 16.4. The van der Waals surface area contributed by atoms with Crippen LogP contribution in [0.4, 0.5) is 0 Å². The summed E-state index contributed by atoms with van der Waals surface area (Å²) < 4.78 is 2.21. The van der Waals surface area contributed by atoms with Gasteiger partial charge in [-0.15, -0.1) is 11.3 Å². The van der Waals surface area contributed by atoms with E-state index in [4.69, 9.17) is 10.5 Å². The molecule has 0 unspecified atom stereocenters. The van der Waals surface area contributed by atoms with Gasteiger partial charge in [-0.3, -0.25) is 4.57 Å². The summed E-state index contributed by atoms with van der Waals surface area (Å²) >= 11 is 1.67. The number of hydrogen-bond donors (Lipinski definition) is 0. The Morgan fingerprint density at radius 3 is 2.66 bits per heavy atom. The van der Waals surface area contributed by atoms with Crippen LogP contribution in [0.3, 0.4) is 0 Å². The third-order valence-corrected chi connectivity index (χ3v) is 5.65. The molecule has 146 valence electrons. The van der Waals surface area contributed by atoms with Gasteiger partial charge in [0.1, 0.15) is 5.82 Å². The minimum atomic E-state index is 0.464. The zero-order chi connectivity index (χ0) is 20.2. The van der Waals surface area contributed by atoms with E-state index < -0.39 is 0 Å². The molecule has 8 heteroatoms. The molecule has 0 N–H and O–H groups in total. The van der Waals surface area contributed by atoms with Crippen molar-refractivity contribution < 1.29 is 0 Å². The van der Waals surface area contributed by atoms with E-state index in [1.807, 2.05) is 18.5 Å². The van der Waals surface area contributed by atoms with Crippen LogP contribution in [0, 0.1) is 13.8 Å². The van der Waals surface area contributed by atoms with Crippen LogP contribution in [0.2, 0.25) is 0 Å². The minimum absolute atomic E-state index is 0.464. The first-order valence-electron chi connectivity index (χ1n) is 9.50. The van der Waals surface area contributed by atoms with Crippen LogP contribution in [0.5, 0.6) is 0 Å². The Balaban J connectivity index is 1.74. The number of imidazole rings is 1. The molecule has 7 nitrogen and oxygen atoms in total. The van der Waals surface area contributed by atoms with Gasteiger partial charge in [0.25, 0.3) is 0 Å². The van der Waals surface area contributed by atoms with Gasteiger partial charge in [0.15, 0.2) is 5.65 Å². The van der Waals surface area contributed by atoms with Crippen LogP contribution in [0.15, 0.2) is 47.0 Å². The second kappa shape index (κ2) is 8.43. The van der Waals surface area contributed by atoms with Crippen LogP contribution >= 0.6 is 11.3 Å². The highest BCUT2D eigenvalue weighted by Crippen LogP contribution is 2.25. The van der Waals surface area contributed by atoms with Gasteiger partial charge in [-0.25, -0.2) is 15.0 Å². The number of hydrogen-bond acceptors (Lipinski definition) is 5. The number of pyridine rings is 1. The van der Waals surface area contributed by atoms with Crippen molar-refractivity contribution in [2.45, 2.75) is 33.1 Å². The normalized spacial score (nSPS) is 11.0. The molecule has 0 aliphatic carbocycles. The van der Waals surface area contributed by atoms with E-state index >= 15 is 0 Å². The highest BCUT2D eigenvalue weighted by molar-refractivity contribution is 7.09. The molecule has 0 amide bonds. The SMILES string of the molecule is Cc1cc(C)c2c(n1)nc(CCc1nccs1)n2-c1ccc(CCN=[N+]=[N-])cc1. The summed E-state index contributed by atoms with van der Waals surface area (Å²) in [4.78, 5) is 16.7. The Hall–Kier alpha value is -3.22. The highest BCUT2D eigenvalue weighted by atomic mass is 32.1. The molecule has 0 radical (unpaired) electrons. The summed E-state index contributed by atoms with van der Waals surface area (Å²) in [6.45, 7) is 4.57. The fourth-order valence-corrected chi connectivity index (χ4v) is 4.16. The van der Waals surface area contributed by atoms with Gasteiger partial charge in [-0.05, 0) is 55.1 Å². The molecule has 0 aliphatic rings. The Labute approximate surface area is 172 Å². The molecule has 0 saturated carbocycles. The quantitative estimate of drug-likeness (QED) is 0.243. The van der Waals surface area contributed by atoms with Crippen LogP contribution in [0.25, 0.3) is 27.3 Å². The lowest BCUT2D eigenvalue weighted by atomic mass is 10.1. The van der Waals surface area contributed by atoms with Crippen molar-refractivity contribution in [3.8, 4) is 5.69 Å². The van der Waals surface area contributed by atoms with E-state index in [1.165, 1.54) is 0 Å². The molecule has 1 aromatic carbocycles. The van der Waals surface area contributed by atoms with Gasteiger partial charge in [-0.2, -0.15) is 0 Å². The van der Waals surface area contributed by atoms with Crippen molar-refractivity contribution in [2.24, 2.45) is 5.11 Å². The second-order valence-corrected chi connectivity index (χ2v) is 7.89. The van der Waals surface area contributed by atoms with Gasteiger partial charge in [-0.1, -0.05) is 17.2 Å². The predicted molar refractivity (Wildman–Crippen MR) is 116 cm³/mol. The first kappa shape index (κ1) is 19.1. The molecule has 3 heterocycles. The molecule has 0 aliphatic heterocycles. The van der Waals surface area contributed by atoms with Crippen molar-refractivity contribution in [1.29, 1.82) is 0 Å². The molecule has 0 spiro atoms. The Morgan fingerprint density at radius 2 is 1.93 bits per heavy atom. The Morgan fingerprint density at radius 1 is 1.10 bits per heavy atom. The molecule has 29 heavy (non-hydrogen) atoms. The van der Waals surface area contributed by atoms with E-state index in [1.54, 1.807) is 11.3 Å². The molecule has 0 bridgehead atoms. The first-order valence-corrected chi connectivity index (χ1v) is 10.4. The lowest BCUT2D eigenvalue weighted by Gasteiger charge is -2.11. The summed E-state index contributed by atoms with van der Waals surface area (Å²) in [6, 6.07) is 10.4. The number of aromatic nitrogens is 4. The monoisotopic (exact) mass is 403 g/mol. The second-order valence-electron chi connectivity index (χ2n) is 6.91. The molecule has 3 aromatic heterocycles. The molecular formula is C21H21N7S. The lowest BCUT2D eigenvalue weighted by molar-refractivity contribution is 0.832. The van der Waals surface area contributed by atoms with E-state index in [9.17, 15) is 0 Å². The number of benzene rings is 1. The molecule has 4 aromatic rings. The first-order chi connectivity index (χ1) is 14.2. The van der Waals surface area contributed by atoms with Crippen molar-refractivity contribution in [3.63, 3.8) is 0 Å². The molecule has 4 rings (SSSR count). The van der Waals surface area contributed by atoms with Gasteiger partial charge in [0, 0.05) is 47.3 Å². The molecule has 0 fully saturated rings. The maximum absolute atomic E-state index is 8.45. The number of azide groups is 1. The fourth-order valence-electron chi connectivity index (χ4n) is 3.54. The van der Waals surface area contributed by atoms with Crippen LogP contribution in [-0.2, 0) is 19.3 Å². The minimum Gasteiger partial charge on any atom is -0.294 e. The summed E-state index contributed by atoms with van der Waals surface area (Å²) in [5.74, 6) is 0.984. The smallest absolute Gasteiger partial charge is 0.178 e. The van der Waals surface area contributed by atoms with Gasteiger partial charge >= 0.3 is 0 Å². The summed E-state index contributed by atoms with van der Waals surface area (Å²) in [6.07, 6.45) is 4.21. The van der Waals surface area contributed by atoms with Crippen molar-refractivity contribution in [1.82, 2.24) is 19.5 Å². The zero-order valence-corrected chi connectivity index (χ0v) is 17.2. The fraction of sp³-hybridized carbons (Fsp3) is 0.286. The van der Waals surface area contributed by atoms with E-state index in [-0.39, 0.29) is 0 Å².